The molecule has 3 N–H and O–H groups in total. The maximum atomic E-state index is 12.1. The van der Waals surface area contributed by atoms with E-state index in [4.69, 9.17) is 5.73 Å². The summed E-state index contributed by atoms with van der Waals surface area (Å²) in [6.45, 7) is 1.93. The van der Waals surface area contributed by atoms with E-state index in [1.165, 1.54) is 11.3 Å². The molecule has 18 heavy (non-hydrogen) atoms. The summed E-state index contributed by atoms with van der Waals surface area (Å²) in [7, 11) is 0. The highest BCUT2D eigenvalue weighted by molar-refractivity contribution is 7.13. The zero-order chi connectivity index (χ0) is 12.7. The van der Waals surface area contributed by atoms with E-state index in [2.05, 4.69) is 9.97 Å². The molecule has 0 atom stereocenters. The molecule has 90 valence electrons. The average Bonchev–Trinajstić information content (AvgIpc) is 2.76. The Morgan fingerprint density at radius 3 is 2.83 bits per heavy atom. The van der Waals surface area contributed by atoms with Gasteiger partial charge in [0.05, 0.1) is 11.3 Å². The number of thiazole rings is 1. The molecule has 0 saturated heterocycles. The third kappa shape index (κ3) is 1.60. The summed E-state index contributed by atoms with van der Waals surface area (Å²) in [5, 5.41) is 3.30. The summed E-state index contributed by atoms with van der Waals surface area (Å²) >= 11 is 1.34. The summed E-state index contributed by atoms with van der Waals surface area (Å²) in [5.41, 5.74) is 8.51. The molecule has 0 saturated carbocycles. The van der Waals surface area contributed by atoms with Crippen LogP contribution in [0.2, 0.25) is 0 Å². The van der Waals surface area contributed by atoms with Gasteiger partial charge >= 0.3 is 0 Å². The van der Waals surface area contributed by atoms with Crippen molar-refractivity contribution in [3.05, 3.63) is 45.6 Å². The standard InChI is InChI=1S/C13H11N3OS/c1-7-8-4-2-3-5-9(8)15-12(17)11(7)10-6-18-13(14)16-10/h2-6H,1H3,(H2,14,16)(H,15,17). The van der Waals surface area contributed by atoms with Crippen molar-refractivity contribution in [3.63, 3.8) is 0 Å². The second kappa shape index (κ2) is 3.96. The van der Waals surface area contributed by atoms with E-state index in [0.29, 0.717) is 16.4 Å². The summed E-state index contributed by atoms with van der Waals surface area (Å²) in [6.07, 6.45) is 0. The fourth-order valence-electron chi connectivity index (χ4n) is 2.12. The second-order valence-corrected chi connectivity index (χ2v) is 4.96. The number of para-hydroxylation sites is 1. The van der Waals surface area contributed by atoms with Gasteiger partial charge < -0.3 is 10.7 Å². The highest BCUT2D eigenvalue weighted by Gasteiger charge is 2.13. The Labute approximate surface area is 107 Å². The lowest BCUT2D eigenvalue weighted by Gasteiger charge is -2.06. The third-order valence-electron chi connectivity index (χ3n) is 2.96. The number of fused-ring (bicyclic) bond motifs is 1. The van der Waals surface area contributed by atoms with Crippen molar-refractivity contribution in [2.75, 3.05) is 5.73 Å². The minimum atomic E-state index is -0.128. The van der Waals surface area contributed by atoms with Gasteiger partial charge in [-0.15, -0.1) is 11.3 Å². The van der Waals surface area contributed by atoms with Crippen LogP contribution in [0.5, 0.6) is 0 Å². The van der Waals surface area contributed by atoms with Crippen molar-refractivity contribution in [3.8, 4) is 11.3 Å². The van der Waals surface area contributed by atoms with E-state index < -0.39 is 0 Å². The Morgan fingerprint density at radius 1 is 1.33 bits per heavy atom. The summed E-state index contributed by atoms with van der Waals surface area (Å²) in [4.78, 5) is 19.2. The van der Waals surface area contributed by atoms with Crippen molar-refractivity contribution in [2.24, 2.45) is 0 Å². The number of nitrogen functional groups attached to an aromatic ring is 1. The molecule has 0 aliphatic heterocycles. The second-order valence-electron chi connectivity index (χ2n) is 4.07. The fraction of sp³-hybridized carbons (Fsp3) is 0.0769. The first-order valence-corrected chi connectivity index (χ1v) is 6.38. The summed E-state index contributed by atoms with van der Waals surface area (Å²) < 4.78 is 0. The van der Waals surface area contributed by atoms with E-state index in [0.717, 1.165) is 16.5 Å². The van der Waals surface area contributed by atoms with Crippen LogP contribution in [0, 0.1) is 6.92 Å². The molecular weight excluding hydrogens is 246 g/mol. The summed E-state index contributed by atoms with van der Waals surface area (Å²) in [5.74, 6) is 0. The van der Waals surface area contributed by atoms with Gasteiger partial charge in [-0.1, -0.05) is 18.2 Å². The number of hydrogen-bond donors (Lipinski definition) is 2. The van der Waals surface area contributed by atoms with E-state index >= 15 is 0 Å². The number of nitrogens with one attached hydrogen (secondary N) is 1. The predicted octanol–water partition coefficient (Wildman–Crippen LogP) is 2.54. The molecule has 0 spiro atoms. The molecule has 0 fully saturated rings. The van der Waals surface area contributed by atoms with E-state index in [1.54, 1.807) is 0 Å². The van der Waals surface area contributed by atoms with Crippen molar-refractivity contribution in [2.45, 2.75) is 6.92 Å². The van der Waals surface area contributed by atoms with Crippen LogP contribution in [-0.2, 0) is 0 Å². The molecule has 1 aromatic carbocycles. The zero-order valence-electron chi connectivity index (χ0n) is 9.73. The lowest BCUT2D eigenvalue weighted by Crippen LogP contribution is -2.11. The Bertz CT molecular complexity index is 788. The molecule has 3 rings (SSSR count). The van der Waals surface area contributed by atoms with Crippen LogP contribution in [-0.4, -0.2) is 9.97 Å². The number of nitrogens with two attached hydrogens (primary N) is 1. The molecule has 4 nitrogen and oxygen atoms in total. The Morgan fingerprint density at radius 2 is 2.11 bits per heavy atom. The molecule has 0 unspecified atom stereocenters. The number of hydrogen-bond acceptors (Lipinski definition) is 4. The Hall–Kier alpha value is -2.14. The van der Waals surface area contributed by atoms with Gasteiger partial charge in [0.25, 0.3) is 5.56 Å². The monoisotopic (exact) mass is 257 g/mol. The van der Waals surface area contributed by atoms with Crippen molar-refractivity contribution in [1.29, 1.82) is 0 Å². The number of pyridine rings is 1. The molecule has 0 bridgehead atoms. The topological polar surface area (TPSA) is 71.8 Å². The van der Waals surface area contributed by atoms with Gasteiger partial charge in [0.1, 0.15) is 0 Å². The van der Waals surface area contributed by atoms with E-state index in [1.807, 2.05) is 36.6 Å². The van der Waals surface area contributed by atoms with Gasteiger partial charge in [-0.05, 0) is 18.6 Å². The molecule has 2 heterocycles. The number of anilines is 1. The van der Waals surface area contributed by atoms with Crippen molar-refractivity contribution >= 4 is 27.4 Å². The van der Waals surface area contributed by atoms with Gasteiger partial charge in [0, 0.05) is 16.3 Å². The van der Waals surface area contributed by atoms with E-state index in [-0.39, 0.29) is 5.56 Å². The van der Waals surface area contributed by atoms with Crippen LogP contribution in [0.3, 0.4) is 0 Å². The molecule has 5 heteroatoms. The van der Waals surface area contributed by atoms with Crippen LogP contribution < -0.4 is 11.3 Å². The number of benzene rings is 1. The van der Waals surface area contributed by atoms with Gasteiger partial charge in [-0.25, -0.2) is 4.98 Å². The molecule has 0 radical (unpaired) electrons. The number of nitrogens with zero attached hydrogens (tertiary/aromatic N) is 1. The number of aromatic amines is 1. The molecule has 2 aromatic heterocycles. The Kier molecular flexibility index (Phi) is 2.41. The van der Waals surface area contributed by atoms with Gasteiger partial charge in [0.15, 0.2) is 5.13 Å². The van der Waals surface area contributed by atoms with Crippen LogP contribution in [0.4, 0.5) is 5.13 Å². The van der Waals surface area contributed by atoms with E-state index in [9.17, 15) is 4.79 Å². The lowest BCUT2D eigenvalue weighted by atomic mass is 10.0. The van der Waals surface area contributed by atoms with Crippen LogP contribution in [0.1, 0.15) is 5.56 Å². The first kappa shape index (κ1) is 11.0. The van der Waals surface area contributed by atoms with Gasteiger partial charge in [-0.2, -0.15) is 0 Å². The van der Waals surface area contributed by atoms with Crippen molar-refractivity contribution in [1.82, 2.24) is 9.97 Å². The highest BCUT2D eigenvalue weighted by atomic mass is 32.1. The SMILES string of the molecule is Cc1c(-c2csc(N)n2)c(=O)[nH]c2ccccc12. The number of aromatic nitrogens is 2. The fourth-order valence-corrected chi connectivity index (χ4v) is 2.67. The number of rotatable bonds is 1. The molecule has 0 aliphatic carbocycles. The average molecular weight is 257 g/mol. The minimum absolute atomic E-state index is 0.128. The normalized spacial score (nSPS) is 10.9. The first-order chi connectivity index (χ1) is 8.66. The van der Waals surface area contributed by atoms with Gasteiger partial charge in [-0.3, -0.25) is 4.79 Å². The quantitative estimate of drug-likeness (QED) is 0.703. The lowest BCUT2D eigenvalue weighted by molar-refractivity contribution is 1.26. The smallest absolute Gasteiger partial charge is 0.258 e. The Balaban J connectivity index is 2.39. The predicted molar refractivity (Wildman–Crippen MR) is 74.8 cm³/mol. The molecule has 0 amide bonds. The molecule has 0 aliphatic rings. The zero-order valence-corrected chi connectivity index (χ0v) is 10.5. The molecular formula is C13H11N3OS. The highest BCUT2D eigenvalue weighted by Crippen LogP contribution is 2.26. The van der Waals surface area contributed by atoms with Gasteiger partial charge in [0.2, 0.25) is 0 Å². The minimum Gasteiger partial charge on any atom is -0.375 e. The summed E-state index contributed by atoms with van der Waals surface area (Å²) in [6, 6.07) is 7.73. The number of aryl methyl sites for hydroxylation is 1. The van der Waals surface area contributed by atoms with Crippen molar-refractivity contribution < 1.29 is 0 Å². The maximum Gasteiger partial charge on any atom is 0.258 e. The number of H-pyrrole nitrogens is 1. The molecule has 3 aromatic rings. The van der Waals surface area contributed by atoms with Crippen LogP contribution in [0.15, 0.2) is 34.4 Å². The largest absolute Gasteiger partial charge is 0.375 e. The first-order valence-electron chi connectivity index (χ1n) is 5.50. The third-order valence-corrected chi connectivity index (χ3v) is 3.63. The maximum absolute atomic E-state index is 12.1. The van der Waals surface area contributed by atoms with Crippen LogP contribution in [0.25, 0.3) is 22.2 Å². The van der Waals surface area contributed by atoms with Crippen LogP contribution >= 0.6 is 11.3 Å².